The van der Waals surface area contributed by atoms with Gasteiger partial charge in [0, 0.05) is 30.5 Å². The summed E-state index contributed by atoms with van der Waals surface area (Å²) in [7, 11) is 1.68. The van der Waals surface area contributed by atoms with Crippen LogP contribution in [0.3, 0.4) is 0 Å². The number of benzene rings is 2. The molecule has 0 saturated carbocycles. The molecular formula is C22H23N3O3. The van der Waals surface area contributed by atoms with Gasteiger partial charge in [-0.25, -0.2) is 0 Å². The van der Waals surface area contributed by atoms with E-state index in [4.69, 9.17) is 22.8 Å². The molecule has 1 heterocycles. The molecule has 6 heteroatoms. The third-order valence-electron chi connectivity index (χ3n) is 4.95. The summed E-state index contributed by atoms with van der Waals surface area (Å²) in [6.07, 6.45) is 1.00. The average molecular weight is 377 g/mol. The first kappa shape index (κ1) is 19.6. The van der Waals surface area contributed by atoms with Crippen LogP contribution in [-0.2, 0) is 11.4 Å². The van der Waals surface area contributed by atoms with E-state index in [0.29, 0.717) is 42.0 Å². The number of hydrogen-bond donors (Lipinski definition) is 2. The SMILES string of the molecule is [CH]CCC1CC(=O)N(C)c2ccc(OCc3ccc(C(=N)N)cc3)cc2C1=O. The normalized spacial score (nSPS) is 16.5. The molecule has 2 aromatic rings. The Morgan fingerprint density at radius 1 is 1.25 bits per heavy atom. The molecule has 3 N–H and O–H groups in total. The number of nitrogens with one attached hydrogen (secondary N) is 1. The lowest BCUT2D eigenvalue weighted by Gasteiger charge is -2.17. The molecule has 2 aromatic carbocycles. The van der Waals surface area contributed by atoms with Crippen LogP contribution in [0.25, 0.3) is 0 Å². The van der Waals surface area contributed by atoms with E-state index >= 15 is 0 Å². The molecule has 1 aliphatic heterocycles. The third kappa shape index (κ3) is 4.06. The molecule has 3 rings (SSSR count). The van der Waals surface area contributed by atoms with Gasteiger partial charge in [0.1, 0.15) is 18.2 Å². The molecule has 2 radical (unpaired) electrons. The van der Waals surface area contributed by atoms with E-state index in [1.807, 2.05) is 12.1 Å². The van der Waals surface area contributed by atoms with Gasteiger partial charge in [-0.05, 0) is 43.5 Å². The van der Waals surface area contributed by atoms with E-state index < -0.39 is 5.92 Å². The summed E-state index contributed by atoms with van der Waals surface area (Å²) in [5.41, 5.74) is 8.10. The lowest BCUT2D eigenvalue weighted by Crippen LogP contribution is -2.26. The quantitative estimate of drug-likeness (QED) is 0.597. The monoisotopic (exact) mass is 377 g/mol. The van der Waals surface area contributed by atoms with Crippen molar-refractivity contribution in [3.63, 3.8) is 0 Å². The summed E-state index contributed by atoms with van der Waals surface area (Å²) in [6, 6.07) is 12.4. The van der Waals surface area contributed by atoms with Crippen molar-refractivity contribution >= 4 is 23.2 Å². The number of carbonyl (C=O) groups is 2. The van der Waals surface area contributed by atoms with E-state index in [-0.39, 0.29) is 23.9 Å². The van der Waals surface area contributed by atoms with Crippen molar-refractivity contribution in [2.45, 2.75) is 25.9 Å². The van der Waals surface area contributed by atoms with Gasteiger partial charge in [0.05, 0.1) is 5.69 Å². The third-order valence-corrected chi connectivity index (χ3v) is 4.95. The van der Waals surface area contributed by atoms with Gasteiger partial charge >= 0.3 is 0 Å². The van der Waals surface area contributed by atoms with Crippen LogP contribution < -0.4 is 15.4 Å². The summed E-state index contributed by atoms with van der Waals surface area (Å²) in [5, 5.41) is 7.42. The fourth-order valence-electron chi connectivity index (χ4n) is 3.27. The van der Waals surface area contributed by atoms with Gasteiger partial charge in [-0.3, -0.25) is 15.0 Å². The summed E-state index contributed by atoms with van der Waals surface area (Å²) >= 11 is 0. The smallest absolute Gasteiger partial charge is 0.227 e. The second-order valence-electron chi connectivity index (χ2n) is 6.87. The second kappa shape index (κ2) is 8.25. The van der Waals surface area contributed by atoms with Crippen LogP contribution in [0.1, 0.15) is 40.7 Å². The number of nitrogen functional groups attached to an aromatic ring is 1. The number of rotatable bonds is 6. The number of nitrogens with two attached hydrogens (primary N) is 1. The molecule has 0 aliphatic carbocycles. The molecule has 1 unspecified atom stereocenters. The van der Waals surface area contributed by atoms with E-state index in [1.54, 1.807) is 37.4 Å². The molecule has 0 saturated heterocycles. The Morgan fingerprint density at radius 2 is 1.96 bits per heavy atom. The van der Waals surface area contributed by atoms with Crippen molar-refractivity contribution in [2.24, 2.45) is 11.7 Å². The molecule has 6 nitrogen and oxygen atoms in total. The summed E-state index contributed by atoms with van der Waals surface area (Å²) in [4.78, 5) is 26.8. The number of amides is 1. The predicted octanol–water partition coefficient (Wildman–Crippen LogP) is 3.21. The highest BCUT2D eigenvalue weighted by molar-refractivity contribution is 6.11. The fraction of sp³-hybridized carbons (Fsp3) is 0.273. The van der Waals surface area contributed by atoms with Crippen LogP contribution in [-0.4, -0.2) is 24.6 Å². The highest BCUT2D eigenvalue weighted by Gasteiger charge is 2.31. The van der Waals surface area contributed by atoms with Crippen LogP contribution >= 0.6 is 0 Å². The minimum absolute atomic E-state index is 0.0161. The van der Waals surface area contributed by atoms with Crippen molar-refractivity contribution in [2.75, 3.05) is 11.9 Å². The Morgan fingerprint density at radius 3 is 2.61 bits per heavy atom. The largest absolute Gasteiger partial charge is 0.489 e. The molecule has 0 bridgehead atoms. The maximum atomic E-state index is 12.9. The van der Waals surface area contributed by atoms with Gasteiger partial charge < -0.3 is 15.4 Å². The number of hydrogen-bond acceptors (Lipinski definition) is 4. The van der Waals surface area contributed by atoms with E-state index in [9.17, 15) is 9.59 Å². The highest BCUT2D eigenvalue weighted by atomic mass is 16.5. The van der Waals surface area contributed by atoms with Crippen molar-refractivity contribution in [1.82, 2.24) is 0 Å². The average Bonchev–Trinajstić information content (AvgIpc) is 2.78. The number of carbonyl (C=O) groups excluding carboxylic acids is 2. The Bertz CT molecular complexity index is 906. The van der Waals surface area contributed by atoms with Crippen LogP contribution in [0, 0.1) is 18.3 Å². The molecule has 0 spiro atoms. The van der Waals surface area contributed by atoms with Gasteiger partial charge in [0.15, 0.2) is 5.78 Å². The van der Waals surface area contributed by atoms with Crippen molar-refractivity contribution in [3.05, 3.63) is 66.1 Å². The highest BCUT2D eigenvalue weighted by Crippen LogP contribution is 2.33. The first-order chi connectivity index (χ1) is 13.4. The maximum Gasteiger partial charge on any atom is 0.227 e. The molecule has 144 valence electrons. The zero-order valence-electron chi connectivity index (χ0n) is 15.8. The van der Waals surface area contributed by atoms with Crippen molar-refractivity contribution < 1.29 is 14.3 Å². The second-order valence-corrected chi connectivity index (χ2v) is 6.87. The standard InChI is InChI=1S/C22H23N3O3/c1-3-4-16-11-20(26)25(2)19-10-9-17(12-18(19)21(16)27)28-13-14-5-7-15(8-6-14)22(23)24/h1,5-10,12,16H,3-4,11,13H2,2H3,(H3,23,24). The van der Waals surface area contributed by atoms with Crippen molar-refractivity contribution in [1.29, 1.82) is 5.41 Å². The molecule has 1 aliphatic rings. The Hall–Kier alpha value is -3.15. The maximum absolute atomic E-state index is 12.9. The minimum atomic E-state index is -0.407. The van der Waals surface area contributed by atoms with Gasteiger partial charge in [-0.1, -0.05) is 24.3 Å². The first-order valence-corrected chi connectivity index (χ1v) is 9.11. The molecule has 1 amide bonds. The first-order valence-electron chi connectivity index (χ1n) is 9.11. The number of Topliss-reactive ketones (excluding diaryl/α,β-unsaturated/α-hetero) is 1. The molecule has 28 heavy (non-hydrogen) atoms. The van der Waals surface area contributed by atoms with Crippen molar-refractivity contribution in [3.8, 4) is 5.75 Å². The Labute approximate surface area is 164 Å². The van der Waals surface area contributed by atoms with Crippen LogP contribution in [0.15, 0.2) is 42.5 Å². The lowest BCUT2D eigenvalue weighted by atomic mass is 9.91. The molecule has 0 fully saturated rings. The number of amidine groups is 1. The van der Waals surface area contributed by atoms with Gasteiger partial charge in [-0.15, -0.1) is 0 Å². The number of anilines is 1. The van der Waals surface area contributed by atoms with Gasteiger partial charge in [0.25, 0.3) is 0 Å². The number of nitrogens with zero attached hydrogens (tertiary/aromatic N) is 1. The van der Waals surface area contributed by atoms with E-state index in [0.717, 1.165) is 5.56 Å². The molecular weight excluding hydrogens is 354 g/mol. The fourth-order valence-corrected chi connectivity index (χ4v) is 3.27. The van der Waals surface area contributed by atoms with Crippen LogP contribution in [0.4, 0.5) is 5.69 Å². The number of ketones is 1. The minimum Gasteiger partial charge on any atom is -0.489 e. The van der Waals surface area contributed by atoms with E-state index in [2.05, 4.69) is 0 Å². The summed E-state index contributed by atoms with van der Waals surface area (Å²) in [6.45, 7) is 5.93. The zero-order valence-corrected chi connectivity index (χ0v) is 15.8. The van der Waals surface area contributed by atoms with Gasteiger partial charge in [-0.2, -0.15) is 0 Å². The molecule has 1 atom stereocenters. The Balaban J connectivity index is 1.81. The van der Waals surface area contributed by atoms with Crippen LogP contribution in [0.2, 0.25) is 0 Å². The zero-order chi connectivity index (χ0) is 20.3. The Kier molecular flexibility index (Phi) is 5.78. The molecule has 0 aromatic heterocycles. The number of fused-ring (bicyclic) bond motifs is 1. The summed E-state index contributed by atoms with van der Waals surface area (Å²) < 4.78 is 5.84. The predicted molar refractivity (Wildman–Crippen MR) is 108 cm³/mol. The van der Waals surface area contributed by atoms with Crippen LogP contribution in [0.5, 0.6) is 5.75 Å². The topological polar surface area (TPSA) is 96.5 Å². The summed E-state index contributed by atoms with van der Waals surface area (Å²) in [5.74, 6) is -0.00538. The lowest BCUT2D eigenvalue weighted by molar-refractivity contribution is -0.118. The van der Waals surface area contributed by atoms with E-state index in [1.165, 1.54) is 4.90 Å². The van der Waals surface area contributed by atoms with Gasteiger partial charge in [0.2, 0.25) is 5.91 Å². The number of ether oxygens (including phenoxy) is 1.